The number of rotatable bonds is 6. The van der Waals surface area contributed by atoms with E-state index in [9.17, 15) is 17.6 Å². The van der Waals surface area contributed by atoms with Crippen molar-refractivity contribution in [3.8, 4) is 5.75 Å². The third-order valence-corrected chi connectivity index (χ3v) is 5.71. The van der Waals surface area contributed by atoms with Gasteiger partial charge in [0.05, 0.1) is 23.8 Å². The predicted molar refractivity (Wildman–Crippen MR) is 93.2 cm³/mol. The minimum absolute atomic E-state index is 0.0374. The van der Waals surface area contributed by atoms with Gasteiger partial charge in [-0.15, -0.1) is 0 Å². The van der Waals surface area contributed by atoms with Crippen molar-refractivity contribution >= 4 is 21.7 Å². The Hall–Kier alpha value is -2.61. The Morgan fingerprint density at radius 3 is 2.65 bits per heavy atom. The largest absolute Gasteiger partial charge is 0.493 e. The monoisotopic (exact) mass is 379 g/mol. The average molecular weight is 379 g/mol. The number of anilines is 1. The molecule has 138 valence electrons. The molecule has 1 heterocycles. The first-order valence-corrected chi connectivity index (χ1v) is 9.55. The fraction of sp³-hybridized carbons (Fsp3) is 0.278. The van der Waals surface area contributed by atoms with Gasteiger partial charge in [-0.2, -0.15) is 0 Å². The average Bonchev–Trinajstić information content (AvgIpc) is 3.08. The Labute approximate surface area is 151 Å². The third-order valence-electron chi connectivity index (χ3n) is 3.94. The first-order chi connectivity index (χ1) is 12.4. The molecular formula is C18H18FNO5S. The Morgan fingerprint density at radius 2 is 1.96 bits per heavy atom. The van der Waals surface area contributed by atoms with E-state index in [4.69, 9.17) is 9.47 Å². The standard InChI is InChI=1S/C18H18FNO5S/c1-2-24-18(21)12-20(15-5-3-14(19)4-6-15)26(22,23)16-7-8-17-13(11-16)9-10-25-17/h3-8,11H,2,9-10,12H2,1H3. The minimum atomic E-state index is -4.05. The van der Waals surface area contributed by atoms with Crippen molar-refractivity contribution in [3.63, 3.8) is 0 Å². The zero-order valence-corrected chi connectivity index (χ0v) is 15.0. The number of nitrogens with zero attached hydrogens (tertiary/aromatic N) is 1. The smallest absolute Gasteiger partial charge is 0.326 e. The van der Waals surface area contributed by atoms with Crippen molar-refractivity contribution in [1.82, 2.24) is 0 Å². The van der Waals surface area contributed by atoms with Crippen molar-refractivity contribution in [1.29, 1.82) is 0 Å². The van der Waals surface area contributed by atoms with Crippen LogP contribution >= 0.6 is 0 Å². The minimum Gasteiger partial charge on any atom is -0.493 e. The van der Waals surface area contributed by atoms with E-state index in [1.54, 1.807) is 19.1 Å². The maximum atomic E-state index is 13.2. The normalized spacial score (nSPS) is 13.0. The van der Waals surface area contributed by atoms with Crippen LogP contribution in [0.5, 0.6) is 5.75 Å². The van der Waals surface area contributed by atoms with Crippen molar-refractivity contribution in [3.05, 3.63) is 53.8 Å². The number of sulfonamides is 1. The topological polar surface area (TPSA) is 72.9 Å². The lowest BCUT2D eigenvalue weighted by Gasteiger charge is -2.23. The first kappa shape index (κ1) is 18.2. The molecule has 2 aromatic carbocycles. The van der Waals surface area contributed by atoms with Gasteiger partial charge in [-0.25, -0.2) is 12.8 Å². The molecule has 0 aliphatic carbocycles. The zero-order chi connectivity index (χ0) is 18.7. The van der Waals surface area contributed by atoms with Crippen LogP contribution in [0.4, 0.5) is 10.1 Å². The number of esters is 1. The van der Waals surface area contributed by atoms with Gasteiger partial charge in [0.25, 0.3) is 10.0 Å². The number of carbonyl (C=O) groups excluding carboxylic acids is 1. The molecule has 8 heteroatoms. The second kappa shape index (κ2) is 7.33. The molecular weight excluding hydrogens is 361 g/mol. The molecule has 0 bridgehead atoms. The summed E-state index contributed by atoms with van der Waals surface area (Å²) >= 11 is 0. The lowest BCUT2D eigenvalue weighted by Crippen LogP contribution is -2.36. The van der Waals surface area contributed by atoms with Crippen LogP contribution in [0, 0.1) is 5.82 Å². The Kier molecular flexibility index (Phi) is 5.13. The van der Waals surface area contributed by atoms with Gasteiger partial charge < -0.3 is 9.47 Å². The molecule has 0 amide bonds. The molecule has 0 fully saturated rings. The molecule has 26 heavy (non-hydrogen) atoms. The molecule has 0 spiro atoms. The summed E-state index contributed by atoms with van der Waals surface area (Å²) in [5.74, 6) is -0.538. The summed E-state index contributed by atoms with van der Waals surface area (Å²) in [5.41, 5.74) is 0.970. The molecule has 2 aromatic rings. The van der Waals surface area contributed by atoms with Gasteiger partial charge in [0.1, 0.15) is 18.1 Å². The highest BCUT2D eigenvalue weighted by atomic mass is 32.2. The molecule has 6 nitrogen and oxygen atoms in total. The molecule has 0 saturated heterocycles. The van der Waals surface area contributed by atoms with Crippen molar-refractivity contribution in [2.24, 2.45) is 0 Å². The van der Waals surface area contributed by atoms with Crippen LogP contribution in [-0.2, 0) is 26.0 Å². The highest BCUT2D eigenvalue weighted by Crippen LogP contribution is 2.30. The summed E-state index contributed by atoms with van der Waals surface area (Å²) in [7, 11) is -4.05. The van der Waals surface area contributed by atoms with E-state index in [-0.39, 0.29) is 17.2 Å². The van der Waals surface area contributed by atoms with Crippen molar-refractivity contribution in [2.45, 2.75) is 18.2 Å². The molecule has 3 rings (SSSR count). The Morgan fingerprint density at radius 1 is 1.23 bits per heavy atom. The van der Waals surface area contributed by atoms with Crippen LogP contribution in [0.1, 0.15) is 12.5 Å². The van der Waals surface area contributed by atoms with Crippen LogP contribution in [0.2, 0.25) is 0 Å². The molecule has 0 saturated carbocycles. The fourth-order valence-corrected chi connectivity index (χ4v) is 4.16. The highest BCUT2D eigenvalue weighted by Gasteiger charge is 2.29. The number of benzene rings is 2. The van der Waals surface area contributed by atoms with Crippen LogP contribution in [0.3, 0.4) is 0 Å². The number of carbonyl (C=O) groups is 1. The van der Waals surface area contributed by atoms with Gasteiger partial charge in [-0.3, -0.25) is 9.10 Å². The van der Waals surface area contributed by atoms with E-state index in [0.29, 0.717) is 18.8 Å². The Bertz CT molecular complexity index is 912. The number of ether oxygens (including phenoxy) is 2. The van der Waals surface area contributed by atoms with Crippen molar-refractivity contribution in [2.75, 3.05) is 24.1 Å². The molecule has 1 aliphatic heterocycles. The summed E-state index contributed by atoms with van der Waals surface area (Å²) in [6.45, 7) is 1.76. The number of hydrogen-bond donors (Lipinski definition) is 0. The summed E-state index contributed by atoms with van der Waals surface area (Å²) in [5, 5.41) is 0. The molecule has 0 aromatic heterocycles. The third kappa shape index (κ3) is 3.65. The van der Waals surface area contributed by atoms with Crippen molar-refractivity contribution < 1.29 is 27.1 Å². The molecule has 0 atom stereocenters. The van der Waals surface area contributed by atoms with Gasteiger partial charge >= 0.3 is 5.97 Å². The first-order valence-electron chi connectivity index (χ1n) is 8.11. The van der Waals surface area contributed by atoms with Crippen LogP contribution < -0.4 is 9.04 Å². The molecule has 0 unspecified atom stereocenters. The van der Waals surface area contributed by atoms with Gasteiger partial charge in [-0.1, -0.05) is 0 Å². The van der Waals surface area contributed by atoms with E-state index >= 15 is 0 Å². The lowest BCUT2D eigenvalue weighted by atomic mass is 10.2. The quantitative estimate of drug-likeness (QED) is 0.721. The van der Waals surface area contributed by atoms with Crippen LogP contribution in [-0.4, -0.2) is 34.1 Å². The van der Waals surface area contributed by atoms with Gasteiger partial charge in [0.2, 0.25) is 0 Å². The van der Waals surface area contributed by atoms with Crippen LogP contribution in [0.15, 0.2) is 47.4 Å². The van der Waals surface area contributed by atoms with Gasteiger partial charge in [0.15, 0.2) is 0 Å². The fourth-order valence-electron chi connectivity index (χ4n) is 2.70. The van der Waals surface area contributed by atoms with E-state index in [1.165, 1.54) is 18.2 Å². The second-order valence-electron chi connectivity index (χ2n) is 5.66. The summed E-state index contributed by atoms with van der Waals surface area (Å²) < 4.78 is 50.7. The van der Waals surface area contributed by atoms with E-state index < -0.39 is 28.4 Å². The SMILES string of the molecule is CCOC(=O)CN(c1ccc(F)cc1)S(=O)(=O)c1ccc2c(c1)CCO2. The lowest BCUT2D eigenvalue weighted by molar-refractivity contribution is -0.141. The maximum absolute atomic E-state index is 13.2. The molecule has 0 radical (unpaired) electrons. The summed E-state index contributed by atoms with van der Waals surface area (Å²) in [6.07, 6.45) is 0.618. The van der Waals surface area contributed by atoms with E-state index in [1.807, 2.05) is 0 Å². The number of halogens is 1. The van der Waals surface area contributed by atoms with Gasteiger partial charge in [-0.05, 0) is 55.0 Å². The van der Waals surface area contributed by atoms with Crippen LogP contribution in [0.25, 0.3) is 0 Å². The maximum Gasteiger partial charge on any atom is 0.326 e. The summed E-state index contributed by atoms with van der Waals surface area (Å²) in [4.78, 5) is 12.0. The Balaban J connectivity index is 2.01. The molecule has 0 N–H and O–H groups in total. The number of hydrogen-bond acceptors (Lipinski definition) is 5. The predicted octanol–water partition coefficient (Wildman–Crippen LogP) is 2.52. The zero-order valence-electron chi connectivity index (χ0n) is 14.1. The second-order valence-corrected chi connectivity index (χ2v) is 7.52. The summed E-state index contributed by atoms with van der Waals surface area (Å²) in [6, 6.07) is 9.47. The molecule has 1 aliphatic rings. The van der Waals surface area contributed by atoms with E-state index in [2.05, 4.69) is 0 Å². The highest BCUT2D eigenvalue weighted by molar-refractivity contribution is 7.92. The van der Waals surface area contributed by atoms with E-state index in [0.717, 1.165) is 22.0 Å². The number of fused-ring (bicyclic) bond motifs is 1. The van der Waals surface area contributed by atoms with Gasteiger partial charge in [0, 0.05) is 6.42 Å².